The highest BCUT2D eigenvalue weighted by molar-refractivity contribution is 5.82. The molecule has 1 aromatic carbocycles. The molecule has 0 N–H and O–H groups in total. The first-order valence-electron chi connectivity index (χ1n) is 9.55. The molecule has 10 heteroatoms. The Morgan fingerprint density at radius 1 is 1.10 bits per heavy atom. The fraction of sp³-hybridized carbons (Fsp3) is 0.526. The van der Waals surface area contributed by atoms with Crippen molar-refractivity contribution in [2.75, 3.05) is 46.8 Å². The SMILES string of the molecule is Cc1nnnn1C(Cc1ccc(F)cc1)C(=O)N1CCN(C(=O)CN(C)C)CC1. The van der Waals surface area contributed by atoms with Gasteiger partial charge < -0.3 is 14.7 Å². The number of halogens is 1. The van der Waals surface area contributed by atoms with E-state index in [0.717, 1.165) is 5.56 Å². The van der Waals surface area contributed by atoms with Crippen LogP contribution in [0.3, 0.4) is 0 Å². The number of carbonyl (C=O) groups is 2. The average Bonchev–Trinajstić information content (AvgIpc) is 3.12. The maximum atomic E-state index is 13.3. The number of hydrogen-bond donors (Lipinski definition) is 0. The Morgan fingerprint density at radius 3 is 2.28 bits per heavy atom. The van der Waals surface area contributed by atoms with Gasteiger partial charge in [-0.2, -0.15) is 0 Å². The van der Waals surface area contributed by atoms with Crippen LogP contribution in [0.2, 0.25) is 0 Å². The molecule has 29 heavy (non-hydrogen) atoms. The molecule has 0 bridgehead atoms. The van der Waals surface area contributed by atoms with Gasteiger partial charge in [0, 0.05) is 32.6 Å². The van der Waals surface area contributed by atoms with Gasteiger partial charge in [-0.3, -0.25) is 9.59 Å². The molecule has 0 spiro atoms. The molecular weight excluding hydrogens is 377 g/mol. The van der Waals surface area contributed by atoms with Crippen molar-refractivity contribution in [1.29, 1.82) is 0 Å². The average molecular weight is 403 g/mol. The van der Waals surface area contributed by atoms with Crippen molar-refractivity contribution in [2.45, 2.75) is 19.4 Å². The van der Waals surface area contributed by atoms with Gasteiger partial charge in [-0.25, -0.2) is 9.07 Å². The molecule has 1 atom stereocenters. The van der Waals surface area contributed by atoms with Gasteiger partial charge in [-0.15, -0.1) is 5.10 Å². The molecule has 1 saturated heterocycles. The Bertz CT molecular complexity index is 844. The molecule has 0 saturated carbocycles. The summed E-state index contributed by atoms with van der Waals surface area (Å²) in [7, 11) is 3.71. The number of aromatic nitrogens is 4. The highest BCUT2D eigenvalue weighted by atomic mass is 19.1. The smallest absolute Gasteiger partial charge is 0.248 e. The topological polar surface area (TPSA) is 87.5 Å². The quantitative estimate of drug-likeness (QED) is 0.682. The van der Waals surface area contributed by atoms with Crippen molar-refractivity contribution in [1.82, 2.24) is 34.9 Å². The van der Waals surface area contributed by atoms with Gasteiger partial charge in [-0.05, 0) is 49.1 Å². The summed E-state index contributed by atoms with van der Waals surface area (Å²) in [5.74, 6) is 0.157. The molecular formula is C19H26FN7O2. The first kappa shape index (κ1) is 20.8. The Balaban J connectivity index is 1.71. The number of amides is 2. The summed E-state index contributed by atoms with van der Waals surface area (Å²) < 4.78 is 14.8. The number of tetrazole rings is 1. The molecule has 156 valence electrons. The predicted molar refractivity (Wildman–Crippen MR) is 103 cm³/mol. The van der Waals surface area contributed by atoms with E-state index < -0.39 is 6.04 Å². The normalized spacial score (nSPS) is 15.6. The van der Waals surface area contributed by atoms with E-state index >= 15 is 0 Å². The second kappa shape index (κ2) is 9.08. The summed E-state index contributed by atoms with van der Waals surface area (Å²) in [6.07, 6.45) is 0.352. The number of nitrogens with zero attached hydrogens (tertiary/aromatic N) is 7. The minimum Gasteiger partial charge on any atom is -0.338 e. The van der Waals surface area contributed by atoms with Crippen molar-refractivity contribution in [3.63, 3.8) is 0 Å². The van der Waals surface area contributed by atoms with Crippen molar-refractivity contribution in [2.24, 2.45) is 0 Å². The lowest BCUT2D eigenvalue weighted by atomic mass is 10.0. The minimum absolute atomic E-state index is 0.0567. The molecule has 1 aromatic heterocycles. The third-order valence-corrected chi connectivity index (χ3v) is 4.98. The fourth-order valence-corrected chi connectivity index (χ4v) is 3.41. The lowest BCUT2D eigenvalue weighted by Gasteiger charge is -2.36. The third-order valence-electron chi connectivity index (χ3n) is 4.98. The van der Waals surface area contributed by atoms with Gasteiger partial charge in [0.25, 0.3) is 0 Å². The Kier molecular flexibility index (Phi) is 6.53. The molecule has 2 amide bonds. The van der Waals surface area contributed by atoms with Crippen LogP contribution >= 0.6 is 0 Å². The molecule has 0 aliphatic carbocycles. The van der Waals surface area contributed by atoms with Crippen LogP contribution in [0.25, 0.3) is 0 Å². The Labute approximate surface area is 169 Å². The third kappa shape index (κ3) is 5.14. The van der Waals surface area contributed by atoms with E-state index in [9.17, 15) is 14.0 Å². The van der Waals surface area contributed by atoms with Crippen LogP contribution in [0, 0.1) is 12.7 Å². The van der Waals surface area contributed by atoms with Crippen molar-refractivity contribution >= 4 is 11.8 Å². The van der Waals surface area contributed by atoms with Crippen molar-refractivity contribution in [3.8, 4) is 0 Å². The van der Waals surface area contributed by atoms with Crippen LogP contribution in [-0.4, -0.2) is 93.5 Å². The molecule has 1 fully saturated rings. The number of piperazine rings is 1. The van der Waals surface area contributed by atoms with E-state index in [-0.39, 0.29) is 17.6 Å². The van der Waals surface area contributed by atoms with Gasteiger partial charge in [0.1, 0.15) is 17.7 Å². The summed E-state index contributed by atoms with van der Waals surface area (Å²) in [5, 5.41) is 11.5. The zero-order valence-electron chi connectivity index (χ0n) is 17.0. The standard InChI is InChI=1S/C19H26FN7O2/c1-14-21-22-23-27(14)17(12-15-4-6-16(20)7-5-15)19(29)26-10-8-25(9-11-26)18(28)13-24(2)3/h4-7,17H,8-13H2,1-3H3. The second-order valence-electron chi connectivity index (χ2n) is 7.46. The van der Waals surface area contributed by atoms with E-state index in [4.69, 9.17) is 0 Å². The number of likely N-dealkylation sites (N-methyl/N-ethyl adjacent to an activating group) is 1. The number of benzene rings is 1. The van der Waals surface area contributed by atoms with E-state index in [2.05, 4.69) is 15.5 Å². The van der Waals surface area contributed by atoms with Gasteiger partial charge in [0.15, 0.2) is 0 Å². The monoisotopic (exact) mass is 403 g/mol. The fourth-order valence-electron chi connectivity index (χ4n) is 3.41. The molecule has 1 unspecified atom stereocenters. The summed E-state index contributed by atoms with van der Waals surface area (Å²) >= 11 is 0. The summed E-state index contributed by atoms with van der Waals surface area (Å²) in [6.45, 7) is 4.00. The molecule has 2 aromatic rings. The van der Waals surface area contributed by atoms with Crippen LogP contribution in [0.5, 0.6) is 0 Å². The number of hydrogen-bond acceptors (Lipinski definition) is 6. The highest BCUT2D eigenvalue weighted by Crippen LogP contribution is 2.19. The number of rotatable bonds is 6. The maximum absolute atomic E-state index is 13.3. The summed E-state index contributed by atoms with van der Waals surface area (Å²) in [4.78, 5) is 30.9. The van der Waals surface area contributed by atoms with E-state index in [1.54, 1.807) is 28.9 Å². The Morgan fingerprint density at radius 2 is 1.72 bits per heavy atom. The van der Waals surface area contributed by atoms with E-state index in [1.807, 2.05) is 19.0 Å². The molecule has 3 rings (SSSR count). The predicted octanol–water partition coefficient (Wildman–Crippen LogP) is 0.137. The Hall–Kier alpha value is -2.88. The zero-order chi connectivity index (χ0) is 21.0. The van der Waals surface area contributed by atoms with Gasteiger partial charge in [0.05, 0.1) is 6.54 Å². The van der Waals surface area contributed by atoms with Gasteiger partial charge in [-0.1, -0.05) is 12.1 Å². The molecule has 1 aliphatic rings. The molecule has 0 radical (unpaired) electrons. The van der Waals surface area contributed by atoms with E-state index in [0.29, 0.717) is 45.0 Å². The molecule has 1 aliphatic heterocycles. The van der Waals surface area contributed by atoms with Gasteiger partial charge >= 0.3 is 0 Å². The van der Waals surface area contributed by atoms with E-state index in [1.165, 1.54) is 16.8 Å². The lowest BCUT2D eigenvalue weighted by Crippen LogP contribution is -2.53. The zero-order valence-corrected chi connectivity index (χ0v) is 17.0. The highest BCUT2D eigenvalue weighted by Gasteiger charge is 2.31. The number of carbonyl (C=O) groups excluding carboxylic acids is 2. The van der Waals surface area contributed by atoms with Crippen molar-refractivity contribution in [3.05, 3.63) is 41.5 Å². The first-order valence-corrected chi connectivity index (χ1v) is 9.55. The van der Waals surface area contributed by atoms with Crippen LogP contribution in [-0.2, 0) is 16.0 Å². The molecule has 9 nitrogen and oxygen atoms in total. The lowest BCUT2D eigenvalue weighted by molar-refractivity contribution is -0.142. The second-order valence-corrected chi connectivity index (χ2v) is 7.46. The van der Waals surface area contributed by atoms with Crippen LogP contribution in [0.15, 0.2) is 24.3 Å². The molecule has 2 heterocycles. The van der Waals surface area contributed by atoms with Gasteiger partial charge in [0.2, 0.25) is 11.8 Å². The minimum atomic E-state index is -0.625. The van der Waals surface area contributed by atoms with Crippen LogP contribution in [0.4, 0.5) is 4.39 Å². The van der Waals surface area contributed by atoms with Crippen molar-refractivity contribution < 1.29 is 14.0 Å². The summed E-state index contributed by atoms with van der Waals surface area (Å²) in [6, 6.07) is 5.44. The maximum Gasteiger partial charge on any atom is 0.248 e. The first-order chi connectivity index (χ1) is 13.8. The van der Waals surface area contributed by atoms with Crippen LogP contribution in [0.1, 0.15) is 17.4 Å². The summed E-state index contributed by atoms with van der Waals surface area (Å²) in [5.41, 5.74) is 0.819. The number of aryl methyl sites for hydroxylation is 1. The largest absolute Gasteiger partial charge is 0.338 e. The van der Waals surface area contributed by atoms with Crippen LogP contribution < -0.4 is 0 Å².